The van der Waals surface area contributed by atoms with Gasteiger partial charge in [-0.15, -0.1) is 10.2 Å². The lowest BCUT2D eigenvalue weighted by Gasteiger charge is -2.00. The number of H-pyrrole nitrogens is 1. The minimum absolute atomic E-state index is 0.415. The molecule has 0 saturated heterocycles. The molecule has 0 radical (unpaired) electrons. The number of hydrogen-bond donors (Lipinski definition) is 1. The van der Waals surface area contributed by atoms with Crippen molar-refractivity contribution in [1.29, 1.82) is 0 Å². The molecule has 3 rings (SSSR count). The summed E-state index contributed by atoms with van der Waals surface area (Å²) in [6.07, 6.45) is 2.21. The molecule has 0 aliphatic heterocycles. The van der Waals surface area contributed by atoms with Gasteiger partial charge in [-0.25, -0.2) is 0 Å². The van der Waals surface area contributed by atoms with E-state index in [0.717, 1.165) is 15.8 Å². The third-order valence-corrected chi connectivity index (χ3v) is 3.39. The predicted molar refractivity (Wildman–Crippen MR) is 75.4 cm³/mol. The number of aromatic amines is 1. The molecule has 0 unspecified atom stereocenters. The molecular formula is C13H11BrN4O2. The van der Waals surface area contributed by atoms with E-state index in [1.54, 1.807) is 13.3 Å². The minimum atomic E-state index is 0.415. The molecule has 7 heteroatoms. The summed E-state index contributed by atoms with van der Waals surface area (Å²) in [5.74, 6) is 1.78. The van der Waals surface area contributed by atoms with Gasteiger partial charge in [0.2, 0.25) is 5.89 Å². The second-order valence-corrected chi connectivity index (χ2v) is 4.97. The monoisotopic (exact) mass is 334 g/mol. The highest BCUT2D eigenvalue weighted by Gasteiger charge is 2.13. The molecule has 1 aromatic carbocycles. The van der Waals surface area contributed by atoms with Crippen molar-refractivity contribution in [2.24, 2.45) is 0 Å². The molecule has 0 amide bonds. The average molecular weight is 335 g/mol. The number of benzene rings is 1. The maximum Gasteiger partial charge on any atom is 0.266 e. The first-order chi connectivity index (χ1) is 9.76. The van der Waals surface area contributed by atoms with Crippen LogP contribution in [0.1, 0.15) is 11.5 Å². The highest BCUT2D eigenvalue weighted by Crippen LogP contribution is 2.24. The summed E-state index contributed by atoms with van der Waals surface area (Å²) in [4.78, 5) is 0. The molecule has 0 fully saturated rings. The van der Waals surface area contributed by atoms with E-state index in [1.807, 2.05) is 24.3 Å². The molecule has 2 heterocycles. The summed E-state index contributed by atoms with van der Waals surface area (Å²) in [5, 5.41) is 14.7. The zero-order valence-corrected chi connectivity index (χ0v) is 12.2. The fourth-order valence-corrected chi connectivity index (χ4v) is 2.13. The van der Waals surface area contributed by atoms with Crippen molar-refractivity contribution in [2.75, 3.05) is 7.11 Å². The quantitative estimate of drug-likeness (QED) is 0.793. The zero-order chi connectivity index (χ0) is 13.9. The highest BCUT2D eigenvalue weighted by atomic mass is 79.9. The molecule has 2 aromatic heterocycles. The van der Waals surface area contributed by atoms with E-state index < -0.39 is 0 Å². The van der Waals surface area contributed by atoms with Crippen molar-refractivity contribution in [3.63, 3.8) is 0 Å². The van der Waals surface area contributed by atoms with Gasteiger partial charge in [0.05, 0.1) is 24.2 Å². The first-order valence-corrected chi connectivity index (χ1v) is 6.70. The minimum Gasteiger partial charge on any atom is -0.497 e. The van der Waals surface area contributed by atoms with E-state index in [2.05, 4.69) is 36.3 Å². The third-order valence-electron chi connectivity index (χ3n) is 2.79. The maximum absolute atomic E-state index is 5.61. The van der Waals surface area contributed by atoms with Gasteiger partial charge in [-0.1, -0.05) is 12.1 Å². The van der Waals surface area contributed by atoms with Crippen molar-refractivity contribution in [3.05, 3.63) is 46.4 Å². The van der Waals surface area contributed by atoms with E-state index in [9.17, 15) is 0 Å². The Labute approximate surface area is 123 Å². The molecule has 0 saturated carbocycles. The Kier molecular flexibility index (Phi) is 3.51. The largest absolute Gasteiger partial charge is 0.497 e. The number of nitrogens with zero attached hydrogens (tertiary/aromatic N) is 3. The van der Waals surface area contributed by atoms with E-state index >= 15 is 0 Å². The van der Waals surface area contributed by atoms with Crippen LogP contribution in [-0.2, 0) is 6.42 Å². The molecular weight excluding hydrogens is 324 g/mol. The van der Waals surface area contributed by atoms with Crippen LogP contribution in [0, 0.1) is 0 Å². The van der Waals surface area contributed by atoms with Crippen LogP contribution in [0.5, 0.6) is 5.75 Å². The number of ether oxygens (including phenoxy) is 1. The smallest absolute Gasteiger partial charge is 0.266 e. The molecule has 0 spiro atoms. The van der Waals surface area contributed by atoms with Crippen LogP contribution in [0.15, 0.2) is 39.4 Å². The summed E-state index contributed by atoms with van der Waals surface area (Å²) in [6, 6.07) is 7.74. The van der Waals surface area contributed by atoms with Crippen LogP contribution in [0.4, 0.5) is 0 Å². The summed E-state index contributed by atoms with van der Waals surface area (Å²) in [7, 11) is 1.64. The molecule has 0 bridgehead atoms. The second-order valence-electron chi connectivity index (χ2n) is 4.12. The summed E-state index contributed by atoms with van der Waals surface area (Å²) < 4.78 is 11.5. The fourth-order valence-electron chi connectivity index (χ4n) is 1.77. The molecule has 0 aliphatic rings. The first-order valence-electron chi connectivity index (χ1n) is 5.91. The molecule has 102 valence electrons. The lowest BCUT2D eigenvalue weighted by Crippen LogP contribution is -1.89. The number of rotatable bonds is 4. The van der Waals surface area contributed by atoms with Crippen LogP contribution in [0.25, 0.3) is 11.6 Å². The summed E-state index contributed by atoms with van der Waals surface area (Å²) in [5.41, 5.74) is 1.75. The van der Waals surface area contributed by atoms with Gasteiger partial charge in [0.1, 0.15) is 11.4 Å². The first kappa shape index (κ1) is 12.9. The summed E-state index contributed by atoms with van der Waals surface area (Å²) >= 11 is 3.36. The third kappa shape index (κ3) is 2.57. The lowest BCUT2D eigenvalue weighted by atomic mass is 10.1. The van der Waals surface area contributed by atoms with Crippen molar-refractivity contribution in [1.82, 2.24) is 20.4 Å². The van der Waals surface area contributed by atoms with Gasteiger partial charge < -0.3 is 9.15 Å². The number of hydrogen-bond acceptors (Lipinski definition) is 5. The number of methoxy groups -OCH3 is 1. The molecule has 1 N–H and O–H groups in total. The van der Waals surface area contributed by atoms with E-state index in [-0.39, 0.29) is 0 Å². The van der Waals surface area contributed by atoms with Crippen molar-refractivity contribution >= 4 is 15.9 Å². The SMILES string of the molecule is COc1ccc(Cc2nnc(-c3[nH]ncc3Br)o2)cc1. The fraction of sp³-hybridized carbons (Fsp3) is 0.154. The Balaban J connectivity index is 1.78. The van der Waals surface area contributed by atoms with Crippen LogP contribution < -0.4 is 4.74 Å². The Morgan fingerprint density at radius 3 is 2.70 bits per heavy atom. The second kappa shape index (κ2) is 5.46. The zero-order valence-electron chi connectivity index (χ0n) is 10.6. The Bertz CT molecular complexity index is 705. The van der Waals surface area contributed by atoms with Gasteiger partial charge >= 0.3 is 0 Å². The topological polar surface area (TPSA) is 76.8 Å². The van der Waals surface area contributed by atoms with Gasteiger partial charge in [0.15, 0.2) is 0 Å². The molecule has 20 heavy (non-hydrogen) atoms. The van der Waals surface area contributed by atoms with Crippen molar-refractivity contribution < 1.29 is 9.15 Å². The standard InChI is InChI=1S/C13H11BrN4O2/c1-19-9-4-2-8(3-5-9)6-11-16-18-13(20-11)12-10(14)7-15-17-12/h2-5,7H,6H2,1H3,(H,15,17). The summed E-state index contributed by atoms with van der Waals surface area (Å²) in [6.45, 7) is 0. The van der Waals surface area contributed by atoms with E-state index in [4.69, 9.17) is 9.15 Å². The van der Waals surface area contributed by atoms with Crippen LogP contribution in [0.3, 0.4) is 0 Å². The maximum atomic E-state index is 5.61. The van der Waals surface area contributed by atoms with Gasteiger partial charge in [-0.3, -0.25) is 5.10 Å². The van der Waals surface area contributed by atoms with Gasteiger partial charge in [-0.05, 0) is 33.6 Å². The van der Waals surface area contributed by atoms with Gasteiger partial charge in [0.25, 0.3) is 5.89 Å². The van der Waals surface area contributed by atoms with Crippen molar-refractivity contribution in [3.8, 4) is 17.3 Å². The van der Waals surface area contributed by atoms with Crippen LogP contribution in [0.2, 0.25) is 0 Å². The lowest BCUT2D eigenvalue weighted by molar-refractivity contribution is 0.414. The number of aromatic nitrogens is 4. The number of nitrogens with one attached hydrogen (secondary N) is 1. The van der Waals surface area contributed by atoms with E-state index in [0.29, 0.717) is 23.9 Å². The Morgan fingerprint density at radius 1 is 1.25 bits per heavy atom. The highest BCUT2D eigenvalue weighted by molar-refractivity contribution is 9.10. The average Bonchev–Trinajstić information content (AvgIpc) is 3.08. The molecule has 3 aromatic rings. The normalized spacial score (nSPS) is 10.7. The molecule has 6 nitrogen and oxygen atoms in total. The van der Waals surface area contributed by atoms with E-state index in [1.165, 1.54) is 0 Å². The van der Waals surface area contributed by atoms with Crippen LogP contribution in [-0.4, -0.2) is 27.5 Å². The van der Waals surface area contributed by atoms with Gasteiger partial charge in [-0.2, -0.15) is 5.10 Å². The predicted octanol–water partition coefficient (Wildman–Crippen LogP) is 2.82. The molecule has 0 aliphatic carbocycles. The van der Waals surface area contributed by atoms with Crippen LogP contribution >= 0.6 is 15.9 Å². The number of halogens is 1. The van der Waals surface area contributed by atoms with Crippen molar-refractivity contribution in [2.45, 2.75) is 6.42 Å². The van der Waals surface area contributed by atoms with Gasteiger partial charge in [0, 0.05) is 0 Å². The molecule has 0 atom stereocenters. The Morgan fingerprint density at radius 2 is 2.05 bits per heavy atom. The Hall–Kier alpha value is -2.15.